The van der Waals surface area contributed by atoms with Crippen LogP contribution in [-0.4, -0.2) is 48.7 Å². The number of aromatic nitrogens is 2. The van der Waals surface area contributed by atoms with E-state index in [-0.39, 0.29) is 12.4 Å². The van der Waals surface area contributed by atoms with Crippen LogP contribution in [0.15, 0.2) is 59.1 Å². The van der Waals surface area contributed by atoms with Crippen molar-refractivity contribution >= 4 is 33.2 Å². The molecular formula is C20H21ClN4O4S. The van der Waals surface area contributed by atoms with Gasteiger partial charge >= 0.3 is 0 Å². The number of benzene rings is 2. The van der Waals surface area contributed by atoms with Crippen LogP contribution in [0.4, 0.5) is 5.69 Å². The predicted octanol–water partition coefficient (Wildman–Crippen LogP) is 3.20. The minimum absolute atomic E-state index is 0.0379. The average Bonchev–Trinajstić information content (AvgIpc) is 3.15. The number of anilines is 1. The lowest BCUT2D eigenvalue weighted by Gasteiger charge is -2.30. The summed E-state index contributed by atoms with van der Waals surface area (Å²) in [6.07, 6.45) is 1.04. The van der Waals surface area contributed by atoms with E-state index < -0.39 is 22.0 Å². The first-order chi connectivity index (χ1) is 14.2. The zero-order valence-corrected chi connectivity index (χ0v) is 18.3. The van der Waals surface area contributed by atoms with Crippen molar-refractivity contribution in [1.82, 2.24) is 15.0 Å². The van der Waals surface area contributed by atoms with Gasteiger partial charge in [0.15, 0.2) is 0 Å². The maximum Gasteiger partial charge on any atom is 0.246 e. The van der Waals surface area contributed by atoms with Gasteiger partial charge in [-0.3, -0.25) is 9.10 Å². The largest absolute Gasteiger partial charge is 0.337 e. The number of likely N-dealkylation sites (N-methyl/N-ethyl adjacent to an activating group) is 1. The van der Waals surface area contributed by atoms with Gasteiger partial charge in [0.1, 0.15) is 6.04 Å². The summed E-state index contributed by atoms with van der Waals surface area (Å²) in [6, 6.07) is 14.6. The van der Waals surface area contributed by atoms with Crippen LogP contribution >= 0.6 is 11.6 Å². The smallest absolute Gasteiger partial charge is 0.246 e. The Morgan fingerprint density at radius 3 is 2.50 bits per heavy atom. The number of amides is 1. The Kier molecular flexibility index (Phi) is 6.42. The zero-order valence-electron chi connectivity index (χ0n) is 16.7. The molecule has 0 bridgehead atoms. The van der Waals surface area contributed by atoms with Crippen LogP contribution in [0, 0.1) is 0 Å². The summed E-state index contributed by atoms with van der Waals surface area (Å²) >= 11 is 6.00. The van der Waals surface area contributed by atoms with E-state index >= 15 is 0 Å². The molecule has 1 amide bonds. The van der Waals surface area contributed by atoms with Gasteiger partial charge in [-0.25, -0.2) is 8.42 Å². The summed E-state index contributed by atoms with van der Waals surface area (Å²) in [6.45, 7) is 1.56. The van der Waals surface area contributed by atoms with Crippen LogP contribution in [0.2, 0.25) is 5.02 Å². The molecule has 158 valence electrons. The molecule has 1 heterocycles. The number of carbonyl (C=O) groups is 1. The quantitative estimate of drug-likeness (QED) is 0.550. The van der Waals surface area contributed by atoms with Crippen molar-refractivity contribution in [1.29, 1.82) is 0 Å². The van der Waals surface area contributed by atoms with Crippen molar-refractivity contribution in [3.05, 3.63) is 65.5 Å². The van der Waals surface area contributed by atoms with E-state index in [9.17, 15) is 13.2 Å². The SMILES string of the molecule is C[C@H](C(=O)N(C)Cc1nc(-c2ccccc2)no1)N(c1cccc(Cl)c1)S(C)(=O)=O. The molecule has 0 radical (unpaired) electrons. The van der Waals surface area contributed by atoms with Gasteiger partial charge < -0.3 is 9.42 Å². The van der Waals surface area contributed by atoms with E-state index in [2.05, 4.69) is 10.1 Å². The van der Waals surface area contributed by atoms with Crippen LogP contribution in [0.1, 0.15) is 12.8 Å². The standard InChI is InChI=1S/C20H21ClN4O4S/c1-14(25(30(3,27)28)17-11-7-10-16(21)12-17)20(26)24(2)13-18-22-19(23-29-18)15-8-5-4-6-9-15/h4-12,14H,13H2,1-3H3/t14-/m1/s1. The highest BCUT2D eigenvalue weighted by atomic mass is 35.5. The number of nitrogens with zero attached hydrogens (tertiary/aromatic N) is 4. The maximum atomic E-state index is 13.0. The summed E-state index contributed by atoms with van der Waals surface area (Å²) in [5.74, 6) is 0.224. The Morgan fingerprint density at radius 2 is 1.87 bits per heavy atom. The highest BCUT2D eigenvalue weighted by Crippen LogP contribution is 2.25. The first-order valence-corrected chi connectivity index (χ1v) is 11.3. The summed E-state index contributed by atoms with van der Waals surface area (Å²) in [7, 11) is -2.20. The molecule has 0 N–H and O–H groups in total. The lowest BCUT2D eigenvalue weighted by atomic mass is 10.2. The molecule has 10 heteroatoms. The second-order valence-corrected chi connectivity index (χ2v) is 9.08. The Balaban J connectivity index is 1.78. The van der Waals surface area contributed by atoms with Crippen LogP contribution in [0.5, 0.6) is 0 Å². The number of hydrogen-bond acceptors (Lipinski definition) is 6. The molecular weight excluding hydrogens is 428 g/mol. The van der Waals surface area contributed by atoms with Crippen molar-refractivity contribution in [3.8, 4) is 11.4 Å². The first-order valence-electron chi connectivity index (χ1n) is 9.05. The van der Waals surface area contributed by atoms with Crippen LogP contribution in [0.25, 0.3) is 11.4 Å². The summed E-state index contributed by atoms with van der Waals surface area (Å²) < 4.78 is 31.1. The van der Waals surface area contributed by atoms with Gasteiger partial charge in [-0.05, 0) is 25.1 Å². The third-order valence-corrected chi connectivity index (χ3v) is 5.85. The Morgan fingerprint density at radius 1 is 1.17 bits per heavy atom. The highest BCUT2D eigenvalue weighted by molar-refractivity contribution is 7.92. The van der Waals surface area contributed by atoms with Gasteiger partial charge in [0.25, 0.3) is 0 Å². The Labute approximate surface area is 180 Å². The molecule has 30 heavy (non-hydrogen) atoms. The maximum absolute atomic E-state index is 13.0. The molecule has 0 saturated heterocycles. The molecule has 0 fully saturated rings. The number of rotatable bonds is 7. The summed E-state index contributed by atoms with van der Waals surface area (Å²) in [4.78, 5) is 18.6. The molecule has 0 spiro atoms. The number of carbonyl (C=O) groups excluding carboxylic acids is 1. The lowest BCUT2D eigenvalue weighted by molar-refractivity contribution is -0.131. The molecule has 0 unspecified atom stereocenters. The molecule has 0 aliphatic heterocycles. The molecule has 3 rings (SSSR count). The van der Waals surface area contributed by atoms with Gasteiger partial charge in [-0.1, -0.05) is 53.2 Å². The third-order valence-electron chi connectivity index (χ3n) is 4.38. The third kappa shape index (κ3) is 4.98. The van der Waals surface area contributed by atoms with Crippen molar-refractivity contribution in [3.63, 3.8) is 0 Å². The van der Waals surface area contributed by atoms with Crippen LogP contribution < -0.4 is 4.31 Å². The molecule has 1 aromatic heterocycles. The van der Waals surface area contributed by atoms with Gasteiger partial charge in [0.05, 0.1) is 18.5 Å². The fraction of sp³-hybridized carbons (Fsp3) is 0.250. The van der Waals surface area contributed by atoms with Crippen LogP contribution in [-0.2, 0) is 21.4 Å². The molecule has 0 aliphatic rings. The molecule has 1 atom stereocenters. The molecule has 0 aliphatic carbocycles. The van der Waals surface area contributed by atoms with E-state index in [1.165, 1.54) is 17.9 Å². The summed E-state index contributed by atoms with van der Waals surface area (Å²) in [5, 5.41) is 4.30. The van der Waals surface area contributed by atoms with Gasteiger partial charge in [-0.15, -0.1) is 0 Å². The van der Waals surface area contributed by atoms with Crippen molar-refractivity contribution in [2.45, 2.75) is 19.5 Å². The fourth-order valence-electron chi connectivity index (χ4n) is 3.04. The van der Waals surface area contributed by atoms with Crippen molar-refractivity contribution in [2.24, 2.45) is 0 Å². The highest BCUT2D eigenvalue weighted by Gasteiger charge is 2.31. The molecule has 3 aromatic rings. The Bertz CT molecular complexity index is 1130. The Hall–Kier alpha value is -2.91. The molecule has 8 nitrogen and oxygen atoms in total. The van der Waals surface area contributed by atoms with Crippen molar-refractivity contribution in [2.75, 3.05) is 17.6 Å². The minimum atomic E-state index is -3.74. The lowest BCUT2D eigenvalue weighted by Crippen LogP contribution is -2.48. The summed E-state index contributed by atoms with van der Waals surface area (Å²) in [5.41, 5.74) is 1.10. The monoisotopic (exact) mass is 448 g/mol. The van der Waals surface area contributed by atoms with E-state index in [1.807, 2.05) is 30.3 Å². The second-order valence-electron chi connectivity index (χ2n) is 6.79. The predicted molar refractivity (Wildman–Crippen MR) is 114 cm³/mol. The average molecular weight is 449 g/mol. The topological polar surface area (TPSA) is 96.6 Å². The fourth-order valence-corrected chi connectivity index (χ4v) is 4.38. The van der Waals surface area contributed by atoms with Gasteiger partial charge in [0, 0.05) is 17.6 Å². The second kappa shape index (κ2) is 8.85. The molecule has 2 aromatic carbocycles. The number of hydrogen-bond donors (Lipinski definition) is 0. The van der Waals surface area contributed by atoms with E-state index in [1.54, 1.807) is 25.2 Å². The number of sulfonamides is 1. The van der Waals surface area contributed by atoms with Gasteiger partial charge in [0.2, 0.25) is 27.6 Å². The number of halogens is 1. The van der Waals surface area contributed by atoms with Gasteiger partial charge in [-0.2, -0.15) is 4.98 Å². The minimum Gasteiger partial charge on any atom is -0.337 e. The van der Waals surface area contributed by atoms with E-state index in [0.717, 1.165) is 16.1 Å². The zero-order chi connectivity index (χ0) is 21.9. The normalized spacial score (nSPS) is 12.4. The van der Waals surface area contributed by atoms with E-state index in [4.69, 9.17) is 16.1 Å². The first kappa shape index (κ1) is 21.8. The van der Waals surface area contributed by atoms with Crippen LogP contribution in [0.3, 0.4) is 0 Å². The molecule has 0 saturated carbocycles. The van der Waals surface area contributed by atoms with Crippen molar-refractivity contribution < 1.29 is 17.7 Å². The van der Waals surface area contributed by atoms with E-state index in [0.29, 0.717) is 16.5 Å².